The standard InChI is InChI=1S/C22H12Br2Cl3NO/c23-18-8-13(7-15(11-28)17-6-5-16(25)10-21(17)27)9-19(24)22(18)29-12-14-3-1-2-4-20(14)26/h1-10H,12H2/b15-7+. The Morgan fingerprint density at radius 2 is 1.66 bits per heavy atom. The molecule has 0 radical (unpaired) electrons. The molecule has 0 spiro atoms. The van der Waals surface area contributed by atoms with Gasteiger partial charge >= 0.3 is 0 Å². The highest BCUT2D eigenvalue weighted by Crippen LogP contribution is 2.37. The third-order valence-corrected chi connectivity index (χ3v) is 6.10. The van der Waals surface area contributed by atoms with Crippen LogP contribution in [0.25, 0.3) is 11.6 Å². The van der Waals surface area contributed by atoms with Gasteiger partial charge in [-0.3, -0.25) is 0 Å². The minimum Gasteiger partial charge on any atom is -0.486 e. The molecule has 0 atom stereocenters. The van der Waals surface area contributed by atoms with Gasteiger partial charge in [0.1, 0.15) is 12.4 Å². The summed E-state index contributed by atoms with van der Waals surface area (Å²) in [6.07, 6.45) is 1.75. The molecule has 29 heavy (non-hydrogen) atoms. The van der Waals surface area contributed by atoms with E-state index in [1.54, 1.807) is 24.3 Å². The molecule has 0 saturated heterocycles. The van der Waals surface area contributed by atoms with Crippen molar-refractivity contribution in [1.29, 1.82) is 5.26 Å². The smallest absolute Gasteiger partial charge is 0.148 e. The number of rotatable bonds is 5. The Bertz CT molecular complexity index is 1120. The van der Waals surface area contributed by atoms with Crippen LogP contribution in [-0.2, 0) is 6.61 Å². The van der Waals surface area contributed by atoms with Crippen molar-refractivity contribution in [2.75, 3.05) is 0 Å². The quantitative estimate of drug-likeness (QED) is 0.226. The summed E-state index contributed by atoms with van der Waals surface area (Å²) in [6.45, 7) is 0.329. The van der Waals surface area contributed by atoms with Crippen molar-refractivity contribution < 1.29 is 4.74 Å². The van der Waals surface area contributed by atoms with Crippen LogP contribution in [0.3, 0.4) is 0 Å². The van der Waals surface area contributed by atoms with Gasteiger partial charge in [-0.2, -0.15) is 5.26 Å². The van der Waals surface area contributed by atoms with E-state index < -0.39 is 0 Å². The molecule has 7 heteroatoms. The fourth-order valence-electron chi connectivity index (χ4n) is 2.61. The van der Waals surface area contributed by atoms with Crippen molar-refractivity contribution in [3.05, 3.63) is 95.3 Å². The first-order valence-corrected chi connectivity index (χ1v) is 11.0. The Hall–Kier alpha value is -1.48. The Morgan fingerprint density at radius 1 is 0.966 bits per heavy atom. The van der Waals surface area contributed by atoms with E-state index in [4.69, 9.17) is 39.5 Å². The first-order valence-electron chi connectivity index (χ1n) is 8.31. The van der Waals surface area contributed by atoms with Crippen molar-refractivity contribution in [1.82, 2.24) is 0 Å². The monoisotopic (exact) mass is 569 g/mol. The summed E-state index contributed by atoms with van der Waals surface area (Å²) in [6, 6.07) is 18.5. The molecule has 146 valence electrons. The maximum atomic E-state index is 9.59. The number of hydrogen-bond acceptors (Lipinski definition) is 2. The maximum absolute atomic E-state index is 9.59. The van der Waals surface area contributed by atoms with Gasteiger partial charge in [0.05, 0.1) is 25.6 Å². The molecule has 3 rings (SSSR count). The van der Waals surface area contributed by atoms with Gasteiger partial charge in [-0.15, -0.1) is 0 Å². The molecular formula is C22H12Br2Cl3NO. The lowest BCUT2D eigenvalue weighted by atomic mass is 10.0. The maximum Gasteiger partial charge on any atom is 0.148 e. The molecule has 0 saturated carbocycles. The van der Waals surface area contributed by atoms with Crippen molar-refractivity contribution in [3.63, 3.8) is 0 Å². The van der Waals surface area contributed by atoms with Crippen LogP contribution in [0.1, 0.15) is 16.7 Å². The number of allylic oxidation sites excluding steroid dienone is 1. The number of nitrogens with zero attached hydrogens (tertiary/aromatic N) is 1. The molecular weight excluding hydrogens is 560 g/mol. The number of halogens is 5. The average Bonchev–Trinajstić information content (AvgIpc) is 2.67. The molecule has 0 unspecified atom stereocenters. The molecule has 2 nitrogen and oxygen atoms in total. The van der Waals surface area contributed by atoms with Crippen molar-refractivity contribution in [2.24, 2.45) is 0 Å². The van der Waals surface area contributed by atoms with Crippen LogP contribution in [0, 0.1) is 11.3 Å². The fraction of sp³-hybridized carbons (Fsp3) is 0.0455. The van der Waals surface area contributed by atoms with Crippen molar-refractivity contribution >= 4 is 78.3 Å². The van der Waals surface area contributed by atoms with Gasteiger partial charge in [0, 0.05) is 21.2 Å². The van der Waals surface area contributed by atoms with Crippen LogP contribution >= 0.6 is 66.7 Å². The minimum atomic E-state index is 0.329. The number of hydrogen-bond donors (Lipinski definition) is 0. The van der Waals surface area contributed by atoms with Crippen LogP contribution in [0.15, 0.2) is 63.5 Å². The predicted octanol–water partition coefficient (Wildman–Crippen LogP) is 8.81. The highest BCUT2D eigenvalue weighted by Gasteiger charge is 2.12. The van der Waals surface area contributed by atoms with Gasteiger partial charge in [0.25, 0.3) is 0 Å². The van der Waals surface area contributed by atoms with Crippen molar-refractivity contribution in [2.45, 2.75) is 6.61 Å². The van der Waals surface area contributed by atoms with Gasteiger partial charge in [-0.1, -0.05) is 59.1 Å². The van der Waals surface area contributed by atoms with Gasteiger partial charge in [-0.25, -0.2) is 0 Å². The molecule has 0 amide bonds. The highest BCUT2D eigenvalue weighted by molar-refractivity contribution is 9.11. The zero-order valence-electron chi connectivity index (χ0n) is 14.7. The third-order valence-electron chi connectivity index (χ3n) is 4.00. The van der Waals surface area contributed by atoms with Gasteiger partial charge in [0.15, 0.2) is 0 Å². The van der Waals surface area contributed by atoms with Gasteiger partial charge < -0.3 is 4.74 Å². The molecule has 0 aromatic heterocycles. The summed E-state index contributed by atoms with van der Waals surface area (Å²) >= 11 is 25.5. The van der Waals surface area contributed by atoms with E-state index in [9.17, 15) is 5.26 Å². The van der Waals surface area contributed by atoms with Crippen LogP contribution in [0.2, 0.25) is 15.1 Å². The lowest BCUT2D eigenvalue weighted by molar-refractivity contribution is 0.302. The summed E-state index contributed by atoms with van der Waals surface area (Å²) in [5.74, 6) is 0.644. The average molecular weight is 573 g/mol. The van der Waals surface area contributed by atoms with Gasteiger partial charge in [-0.05, 0) is 73.8 Å². The lowest BCUT2D eigenvalue weighted by Gasteiger charge is -2.12. The summed E-state index contributed by atoms with van der Waals surface area (Å²) in [5, 5.41) is 11.2. The second kappa shape index (κ2) is 10.0. The second-order valence-electron chi connectivity index (χ2n) is 5.99. The van der Waals surface area contributed by atoms with Gasteiger partial charge in [0.2, 0.25) is 0 Å². The van der Waals surface area contributed by atoms with Crippen molar-refractivity contribution in [3.8, 4) is 11.8 Å². The molecule has 0 bridgehead atoms. The third kappa shape index (κ3) is 5.57. The zero-order valence-corrected chi connectivity index (χ0v) is 20.2. The zero-order chi connectivity index (χ0) is 21.0. The molecule has 0 aliphatic rings. The van der Waals surface area contributed by atoms with Crippen LogP contribution in [0.5, 0.6) is 5.75 Å². The Morgan fingerprint density at radius 3 is 2.28 bits per heavy atom. The number of ether oxygens (including phenoxy) is 1. The molecule has 0 aliphatic carbocycles. The predicted molar refractivity (Wildman–Crippen MR) is 128 cm³/mol. The van der Waals surface area contributed by atoms with E-state index in [1.807, 2.05) is 36.4 Å². The first kappa shape index (κ1) is 22.2. The summed E-state index contributed by atoms with van der Waals surface area (Å²) in [7, 11) is 0. The normalized spacial score (nSPS) is 11.2. The minimum absolute atomic E-state index is 0.329. The molecule has 0 aliphatic heterocycles. The highest BCUT2D eigenvalue weighted by atomic mass is 79.9. The number of nitriles is 1. The molecule has 0 heterocycles. The van der Waals surface area contributed by atoms with E-state index in [2.05, 4.69) is 37.9 Å². The second-order valence-corrected chi connectivity index (χ2v) is 8.95. The van der Waals surface area contributed by atoms with E-state index in [0.717, 1.165) is 20.1 Å². The van der Waals surface area contributed by atoms with Crippen LogP contribution in [0.4, 0.5) is 0 Å². The molecule has 0 N–H and O–H groups in total. The van der Waals surface area contributed by atoms with E-state index >= 15 is 0 Å². The SMILES string of the molecule is N#C/C(=C\c1cc(Br)c(OCc2ccccc2Cl)c(Br)c1)c1ccc(Cl)cc1Cl. The van der Waals surface area contributed by atoms with E-state index in [-0.39, 0.29) is 0 Å². The lowest BCUT2D eigenvalue weighted by Crippen LogP contribution is -1.98. The van der Waals surface area contributed by atoms with Crippen LogP contribution in [-0.4, -0.2) is 0 Å². The Balaban J connectivity index is 1.89. The van der Waals surface area contributed by atoms with E-state index in [0.29, 0.717) is 38.6 Å². The topological polar surface area (TPSA) is 33.0 Å². The molecule has 3 aromatic rings. The van der Waals surface area contributed by atoms with Crippen LogP contribution < -0.4 is 4.74 Å². The fourth-order valence-corrected chi connectivity index (χ4v) is 4.76. The Kier molecular flexibility index (Phi) is 7.67. The summed E-state index contributed by atoms with van der Waals surface area (Å²) < 4.78 is 7.42. The molecule has 0 fully saturated rings. The Labute approximate surface area is 200 Å². The first-order chi connectivity index (χ1) is 13.9. The van der Waals surface area contributed by atoms with E-state index in [1.165, 1.54) is 0 Å². The largest absolute Gasteiger partial charge is 0.486 e. The summed E-state index contributed by atoms with van der Waals surface area (Å²) in [4.78, 5) is 0. The number of benzene rings is 3. The summed E-state index contributed by atoms with van der Waals surface area (Å²) in [5.41, 5.74) is 2.73. The molecule has 3 aromatic carbocycles.